The zero-order valence-electron chi connectivity index (χ0n) is 11.2. The molecule has 1 heterocycles. The summed E-state index contributed by atoms with van der Waals surface area (Å²) in [5, 5.41) is 3.84. The molecule has 4 atom stereocenters. The molecule has 2 nitrogen and oxygen atoms in total. The standard InChI is InChI=1S/C15H27NO/c1-2-5-16-15(11-4-3-6-17-10-11)14-8-12-7-13(12)9-14/h11-16H,2-10H2,1H3. The third-order valence-electron chi connectivity index (χ3n) is 5.12. The van der Waals surface area contributed by atoms with Gasteiger partial charge in [-0.05, 0) is 68.7 Å². The number of ether oxygens (including phenoxy) is 1. The van der Waals surface area contributed by atoms with Crippen LogP contribution in [0.4, 0.5) is 0 Å². The van der Waals surface area contributed by atoms with E-state index in [1.54, 1.807) is 0 Å². The molecule has 2 saturated carbocycles. The van der Waals surface area contributed by atoms with Gasteiger partial charge in [0.15, 0.2) is 0 Å². The van der Waals surface area contributed by atoms with Gasteiger partial charge in [0.2, 0.25) is 0 Å². The predicted octanol–water partition coefficient (Wildman–Crippen LogP) is 2.83. The van der Waals surface area contributed by atoms with Gasteiger partial charge in [-0.1, -0.05) is 6.92 Å². The van der Waals surface area contributed by atoms with Crippen LogP contribution in [-0.4, -0.2) is 25.8 Å². The Hall–Kier alpha value is -0.0800. The maximum atomic E-state index is 5.70. The molecular formula is C15H27NO. The molecule has 0 amide bonds. The molecule has 1 aliphatic heterocycles. The van der Waals surface area contributed by atoms with Crippen molar-refractivity contribution in [3.63, 3.8) is 0 Å². The molecule has 3 rings (SSSR count). The number of fused-ring (bicyclic) bond motifs is 1. The minimum Gasteiger partial charge on any atom is -0.381 e. The van der Waals surface area contributed by atoms with Gasteiger partial charge in [-0.25, -0.2) is 0 Å². The highest BCUT2D eigenvalue weighted by Crippen LogP contribution is 2.55. The van der Waals surface area contributed by atoms with Crippen molar-refractivity contribution in [1.29, 1.82) is 0 Å². The second-order valence-corrected chi connectivity index (χ2v) is 6.44. The molecule has 2 aliphatic carbocycles. The fourth-order valence-electron chi connectivity index (χ4n) is 4.13. The van der Waals surface area contributed by atoms with Crippen LogP contribution in [0.2, 0.25) is 0 Å². The molecule has 17 heavy (non-hydrogen) atoms. The maximum absolute atomic E-state index is 5.70. The Kier molecular flexibility index (Phi) is 3.72. The summed E-state index contributed by atoms with van der Waals surface area (Å²) in [7, 11) is 0. The van der Waals surface area contributed by atoms with Crippen molar-refractivity contribution in [2.24, 2.45) is 23.7 Å². The van der Waals surface area contributed by atoms with E-state index in [9.17, 15) is 0 Å². The normalized spacial score (nSPS) is 42.2. The van der Waals surface area contributed by atoms with E-state index in [1.807, 2.05) is 0 Å². The number of hydrogen-bond donors (Lipinski definition) is 1. The Balaban J connectivity index is 1.58. The first kappa shape index (κ1) is 12.0. The van der Waals surface area contributed by atoms with E-state index in [1.165, 1.54) is 45.1 Å². The Bertz CT molecular complexity index is 237. The molecule has 1 saturated heterocycles. The van der Waals surface area contributed by atoms with Crippen LogP contribution in [0.15, 0.2) is 0 Å². The first-order valence-electron chi connectivity index (χ1n) is 7.69. The molecule has 0 aromatic heterocycles. The van der Waals surface area contributed by atoms with Gasteiger partial charge in [-0.2, -0.15) is 0 Å². The first-order valence-corrected chi connectivity index (χ1v) is 7.69. The highest BCUT2D eigenvalue weighted by atomic mass is 16.5. The molecular weight excluding hydrogens is 210 g/mol. The van der Waals surface area contributed by atoms with Crippen molar-refractivity contribution in [2.75, 3.05) is 19.8 Å². The van der Waals surface area contributed by atoms with E-state index in [0.717, 1.165) is 42.9 Å². The molecule has 3 aliphatic rings. The van der Waals surface area contributed by atoms with Crippen molar-refractivity contribution in [3.8, 4) is 0 Å². The number of nitrogens with one attached hydrogen (secondary N) is 1. The Morgan fingerprint density at radius 2 is 2.00 bits per heavy atom. The van der Waals surface area contributed by atoms with Gasteiger partial charge in [0.1, 0.15) is 0 Å². The third-order valence-corrected chi connectivity index (χ3v) is 5.12. The zero-order valence-corrected chi connectivity index (χ0v) is 11.2. The van der Waals surface area contributed by atoms with Crippen LogP contribution >= 0.6 is 0 Å². The molecule has 1 N–H and O–H groups in total. The number of rotatable bonds is 5. The fourth-order valence-corrected chi connectivity index (χ4v) is 4.13. The Morgan fingerprint density at radius 1 is 1.18 bits per heavy atom. The van der Waals surface area contributed by atoms with Crippen LogP contribution in [0, 0.1) is 23.7 Å². The van der Waals surface area contributed by atoms with Crippen LogP contribution < -0.4 is 5.32 Å². The molecule has 98 valence electrons. The van der Waals surface area contributed by atoms with E-state index in [-0.39, 0.29) is 0 Å². The van der Waals surface area contributed by atoms with E-state index in [4.69, 9.17) is 4.74 Å². The summed E-state index contributed by atoms with van der Waals surface area (Å²) in [5.41, 5.74) is 0. The lowest BCUT2D eigenvalue weighted by atomic mass is 9.82. The van der Waals surface area contributed by atoms with Gasteiger partial charge in [-0.3, -0.25) is 0 Å². The summed E-state index contributed by atoms with van der Waals surface area (Å²) >= 11 is 0. The monoisotopic (exact) mass is 237 g/mol. The van der Waals surface area contributed by atoms with Gasteiger partial charge >= 0.3 is 0 Å². The second-order valence-electron chi connectivity index (χ2n) is 6.44. The van der Waals surface area contributed by atoms with Crippen LogP contribution in [0.1, 0.15) is 45.4 Å². The minimum absolute atomic E-state index is 0.753. The van der Waals surface area contributed by atoms with Crippen LogP contribution in [0.5, 0.6) is 0 Å². The molecule has 0 aromatic carbocycles. The van der Waals surface area contributed by atoms with Gasteiger partial charge in [0.25, 0.3) is 0 Å². The summed E-state index contributed by atoms with van der Waals surface area (Å²) in [6.07, 6.45) is 8.45. The topological polar surface area (TPSA) is 21.3 Å². The maximum Gasteiger partial charge on any atom is 0.0509 e. The van der Waals surface area contributed by atoms with E-state index >= 15 is 0 Å². The lowest BCUT2D eigenvalue weighted by Gasteiger charge is -2.35. The average Bonchev–Trinajstić information content (AvgIpc) is 2.98. The lowest BCUT2D eigenvalue weighted by molar-refractivity contribution is 0.0279. The van der Waals surface area contributed by atoms with Crippen molar-refractivity contribution in [3.05, 3.63) is 0 Å². The van der Waals surface area contributed by atoms with Crippen molar-refractivity contribution < 1.29 is 4.74 Å². The summed E-state index contributed by atoms with van der Waals surface area (Å²) in [4.78, 5) is 0. The van der Waals surface area contributed by atoms with Gasteiger partial charge in [0, 0.05) is 12.6 Å². The van der Waals surface area contributed by atoms with E-state index < -0.39 is 0 Å². The van der Waals surface area contributed by atoms with Crippen molar-refractivity contribution in [1.82, 2.24) is 5.32 Å². The quantitative estimate of drug-likeness (QED) is 0.794. The Labute approximate surface area is 105 Å². The smallest absolute Gasteiger partial charge is 0.0509 e. The molecule has 0 aromatic rings. The van der Waals surface area contributed by atoms with E-state index in [2.05, 4.69) is 12.2 Å². The second kappa shape index (κ2) is 5.27. The fraction of sp³-hybridized carbons (Fsp3) is 1.00. The van der Waals surface area contributed by atoms with Crippen molar-refractivity contribution >= 4 is 0 Å². The van der Waals surface area contributed by atoms with Crippen molar-refractivity contribution in [2.45, 2.75) is 51.5 Å². The summed E-state index contributed by atoms with van der Waals surface area (Å²) in [6.45, 7) is 5.46. The molecule has 2 heteroatoms. The minimum atomic E-state index is 0.753. The van der Waals surface area contributed by atoms with Crippen LogP contribution in [-0.2, 0) is 4.74 Å². The highest BCUT2D eigenvalue weighted by Gasteiger charge is 2.48. The largest absolute Gasteiger partial charge is 0.381 e. The SMILES string of the molecule is CCCNC(C1CCCOC1)C1CC2CC2C1. The summed E-state index contributed by atoms with van der Waals surface area (Å²) < 4.78 is 5.70. The summed E-state index contributed by atoms with van der Waals surface area (Å²) in [5.74, 6) is 3.96. The highest BCUT2D eigenvalue weighted by molar-refractivity contribution is 5.00. The third kappa shape index (κ3) is 2.68. The average molecular weight is 237 g/mol. The van der Waals surface area contributed by atoms with E-state index in [0.29, 0.717) is 0 Å². The van der Waals surface area contributed by atoms with Gasteiger partial charge in [0.05, 0.1) is 6.61 Å². The zero-order chi connectivity index (χ0) is 11.7. The summed E-state index contributed by atoms with van der Waals surface area (Å²) in [6, 6.07) is 0.753. The first-order chi connectivity index (χ1) is 8.38. The Morgan fingerprint density at radius 3 is 2.65 bits per heavy atom. The lowest BCUT2D eigenvalue weighted by Crippen LogP contribution is -2.45. The molecule has 0 spiro atoms. The van der Waals surface area contributed by atoms with Gasteiger partial charge in [-0.15, -0.1) is 0 Å². The van der Waals surface area contributed by atoms with Gasteiger partial charge < -0.3 is 10.1 Å². The van der Waals surface area contributed by atoms with Crippen LogP contribution in [0.25, 0.3) is 0 Å². The molecule has 4 unspecified atom stereocenters. The number of hydrogen-bond acceptors (Lipinski definition) is 2. The molecule has 3 fully saturated rings. The molecule has 0 bridgehead atoms. The van der Waals surface area contributed by atoms with Crippen LogP contribution in [0.3, 0.4) is 0 Å². The predicted molar refractivity (Wildman–Crippen MR) is 69.9 cm³/mol. The molecule has 0 radical (unpaired) electrons.